The number of fused-ring (bicyclic) bond motifs is 2. The summed E-state index contributed by atoms with van der Waals surface area (Å²) in [5.74, 6) is -0.726. The first-order valence-corrected chi connectivity index (χ1v) is 11.2. The molecule has 1 aromatic carbocycles. The molecule has 3 heterocycles. The van der Waals surface area contributed by atoms with Crippen molar-refractivity contribution >= 4 is 17.4 Å². The van der Waals surface area contributed by atoms with Crippen LogP contribution in [0.3, 0.4) is 0 Å². The van der Waals surface area contributed by atoms with Gasteiger partial charge in [-0.3, -0.25) is 9.69 Å². The summed E-state index contributed by atoms with van der Waals surface area (Å²) in [7, 11) is 0. The van der Waals surface area contributed by atoms with Crippen LogP contribution < -0.4 is 5.32 Å². The second-order valence-corrected chi connectivity index (χ2v) is 8.89. The van der Waals surface area contributed by atoms with Crippen LogP contribution in [-0.4, -0.2) is 51.6 Å². The van der Waals surface area contributed by atoms with Crippen LogP contribution >= 0.6 is 0 Å². The van der Waals surface area contributed by atoms with E-state index in [1.807, 2.05) is 6.92 Å². The van der Waals surface area contributed by atoms with Crippen LogP contribution in [0, 0.1) is 23.1 Å². The van der Waals surface area contributed by atoms with Gasteiger partial charge in [0.25, 0.3) is 0 Å². The van der Waals surface area contributed by atoms with E-state index in [1.54, 1.807) is 24.6 Å². The molecule has 0 fully saturated rings. The SMILES string of the molecule is CC1=C2COC=C2CC(=O)C1C(O)CN1CCc2nc(Nc3ccc(C#N)c(F)c3)ncc2C1. The molecule has 9 heteroatoms. The molecule has 1 aromatic heterocycles. The Bertz CT molecular complexity index is 1270. The first-order valence-electron chi connectivity index (χ1n) is 11.2. The Morgan fingerprint density at radius 3 is 3.09 bits per heavy atom. The van der Waals surface area contributed by atoms with E-state index in [2.05, 4.69) is 20.2 Å². The number of aliphatic hydroxyl groups excluding tert-OH is 1. The Morgan fingerprint density at radius 2 is 2.29 bits per heavy atom. The third-order valence-corrected chi connectivity index (χ3v) is 6.68. The number of β-amino-alcohol motifs (C(OH)–C–C–N with tert-alkyl or cyclic N) is 1. The summed E-state index contributed by atoms with van der Waals surface area (Å²) in [5.41, 5.74) is 5.17. The predicted octanol–water partition coefficient (Wildman–Crippen LogP) is 2.77. The molecule has 1 aliphatic carbocycles. The molecule has 3 aliphatic rings. The summed E-state index contributed by atoms with van der Waals surface area (Å²) in [6.07, 6.45) is 3.57. The quantitative estimate of drug-likeness (QED) is 0.699. The molecular formula is C25H24FN5O3. The second-order valence-electron chi connectivity index (χ2n) is 8.89. The molecule has 2 atom stereocenters. The van der Waals surface area contributed by atoms with Crippen molar-refractivity contribution in [3.8, 4) is 6.07 Å². The zero-order chi connectivity index (χ0) is 23.8. The molecule has 0 spiro atoms. The monoisotopic (exact) mass is 461 g/mol. The maximum Gasteiger partial charge on any atom is 0.227 e. The van der Waals surface area contributed by atoms with E-state index in [0.29, 0.717) is 50.7 Å². The normalized spacial score (nSPS) is 20.7. The van der Waals surface area contributed by atoms with Crippen molar-refractivity contribution in [1.29, 1.82) is 5.26 Å². The topological polar surface area (TPSA) is 111 Å². The number of rotatable bonds is 5. The highest BCUT2D eigenvalue weighted by atomic mass is 19.1. The summed E-state index contributed by atoms with van der Waals surface area (Å²) >= 11 is 0. The van der Waals surface area contributed by atoms with Gasteiger partial charge in [0.2, 0.25) is 5.95 Å². The molecule has 8 nitrogen and oxygen atoms in total. The zero-order valence-corrected chi connectivity index (χ0v) is 18.7. The Morgan fingerprint density at radius 1 is 1.44 bits per heavy atom. The lowest BCUT2D eigenvalue weighted by Crippen LogP contribution is -2.43. The van der Waals surface area contributed by atoms with E-state index in [9.17, 15) is 14.3 Å². The molecule has 0 saturated carbocycles. The summed E-state index contributed by atoms with van der Waals surface area (Å²) in [4.78, 5) is 23.7. The maximum atomic E-state index is 13.9. The number of carbonyl (C=O) groups excluding carboxylic acids is 1. The molecular weight excluding hydrogens is 437 g/mol. The molecule has 0 radical (unpaired) electrons. The van der Waals surface area contributed by atoms with Gasteiger partial charge in [-0.25, -0.2) is 14.4 Å². The summed E-state index contributed by atoms with van der Waals surface area (Å²) in [5, 5.41) is 22.8. The van der Waals surface area contributed by atoms with Gasteiger partial charge in [-0.15, -0.1) is 0 Å². The standard InChI is InChI=1S/C25H24FN5O3/c1-14-19-13-34-12-16(19)6-22(32)24(14)23(33)11-31-5-4-21-17(10-31)9-28-25(30-21)29-18-3-2-15(8-27)20(26)7-18/h2-3,7,9,12,23-24,33H,4-6,10-11,13H2,1H3,(H,28,29,30). The fourth-order valence-electron chi connectivity index (χ4n) is 4.91. The van der Waals surface area contributed by atoms with Gasteiger partial charge in [-0.2, -0.15) is 5.26 Å². The highest BCUT2D eigenvalue weighted by Gasteiger charge is 2.37. The number of ketones is 1. The van der Waals surface area contributed by atoms with Crippen LogP contribution in [0.2, 0.25) is 0 Å². The minimum Gasteiger partial charge on any atom is -0.496 e. The van der Waals surface area contributed by atoms with Gasteiger partial charge in [-0.1, -0.05) is 5.57 Å². The molecule has 2 unspecified atom stereocenters. The zero-order valence-electron chi connectivity index (χ0n) is 18.7. The number of benzene rings is 1. The lowest BCUT2D eigenvalue weighted by Gasteiger charge is -2.34. The number of Topliss-reactive ketones (excluding diaryl/α,β-unsaturated/α-hetero) is 1. The highest BCUT2D eigenvalue weighted by Crippen LogP contribution is 2.36. The van der Waals surface area contributed by atoms with Crippen molar-refractivity contribution in [3.05, 3.63) is 70.0 Å². The van der Waals surface area contributed by atoms with Gasteiger partial charge in [0.05, 0.1) is 29.5 Å². The average Bonchev–Trinajstić information content (AvgIpc) is 3.28. The van der Waals surface area contributed by atoms with Crippen molar-refractivity contribution in [2.75, 3.05) is 25.0 Å². The number of hydrogen-bond acceptors (Lipinski definition) is 8. The number of ether oxygens (including phenoxy) is 1. The number of aromatic nitrogens is 2. The maximum absolute atomic E-state index is 13.9. The van der Waals surface area contributed by atoms with Crippen LogP contribution in [0.5, 0.6) is 0 Å². The number of hydrogen-bond donors (Lipinski definition) is 2. The smallest absolute Gasteiger partial charge is 0.227 e. The van der Waals surface area contributed by atoms with Gasteiger partial charge in [0.1, 0.15) is 24.3 Å². The number of nitrogens with zero attached hydrogens (tertiary/aromatic N) is 4. The van der Waals surface area contributed by atoms with Crippen LogP contribution in [0.25, 0.3) is 0 Å². The molecule has 2 aliphatic heterocycles. The largest absolute Gasteiger partial charge is 0.496 e. The average molecular weight is 461 g/mol. The summed E-state index contributed by atoms with van der Waals surface area (Å²) in [6.45, 7) is 4.03. The van der Waals surface area contributed by atoms with Crippen molar-refractivity contribution in [1.82, 2.24) is 14.9 Å². The van der Waals surface area contributed by atoms with Crippen molar-refractivity contribution in [2.45, 2.75) is 32.4 Å². The Hall–Kier alpha value is -3.61. The van der Waals surface area contributed by atoms with Crippen molar-refractivity contribution < 1.29 is 19.0 Å². The van der Waals surface area contributed by atoms with Gasteiger partial charge < -0.3 is 15.2 Å². The highest BCUT2D eigenvalue weighted by molar-refractivity contribution is 5.90. The van der Waals surface area contributed by atoms with Crippen LogP contribution in [0.15, 0.2) is 47.4 Å². The lowest BCUT2D eigenvalue weighted by molar-refractivity contribution is -0.124. The molecule has 0 saturated heterocycles. The minimum atomic E-state index is -0.795. The van der Waals surface area contributed by atoms with E-state index in [1.165, 1.54) is 12.1 Å². The van der Waals surface area contributed by atoms with Gasteiger partial charge >= 0.3 is 0 Å². The van der Waals surface area contributed by atoms with Crippen molar-refractivity contribution in [3.63, 3.8) is 0 Å². The van der Waals surface area contributed by atoms with Gasteiger partial charge in [0, 0.05) is 55.5 Å². The molecule has 0 amide bonds. The fourth-order valence-corrected chi connectivity index (χ4v) is 4.91. The predicted molar refractivity (Wildman–Crippen MR) is 121 cm³/mol. The number of aliphatic hydroxyl groups is 1. The number of anilines is 2. The first kappa shape index (κ1) is 22.2. The van der Waals surface area contributed by atoms with Crippen LogP contribution in [-0.2, 0) is 22.5 Å². The molecule has 2 N–H and O–H groups in total. The number of halogens is 1. The molecule has 174 valence electrons. The van der Waals surface area contributed by atoms with E-state index in [0.717, 1.165) is 28.0 Å². The van der Waals surface area contributed by atoms with E-state index in [-0.39, 0.29) is 11.3 Å². The van der Waals surface area contributed by atoms with E-state index >= 15 is 0 Å². The lowest BCUT2D eigenvalue weighted by atomic mass is 9.77. The third-order valence-electron chi connectivity index (χ3n) is 6.68. The van der Waals surface area contributed by atoms with Crippen molar-refractivity contribution in [2.24, 2.45) is 5.92 Å². The van der Waals surface area contributed by atoms with E-state index in [4.69, 9.17) is 10.00 Å². The summed E-state index contributed by atoms with van der Waals surface area (Å²) < 4.78 is 19.2. The van der Waals surface area contributed by atoms with E-state index < -0.39 is 17.8 Å². The van der Waals surface area contributed by atoms with Crippen LogP contribution in [0.4, 0.5) is 16.0 Å². The third kappa shape index (κ3) is 4.18. The minimum absolute atomic E-state index is 0.0195. The number of nitriles is 1. The first-order chi connectivity index (χ1) is 16.4. The van der Waals surface area contributed by atoms with Gasteiger partial charge in [0.15, 0.2) is 0 Å². The molecule has 2 aromatic rings. The fraction of sp³-hybridized carbons (Fsp3) is 0.360. The molecule has 0 bridgehead atoms. The molecule has 34 heavy (non-hydrogen) atoms. The summed E-state index contributed by atoms with van der Waals surface area (Å²) in [6, 6.07) is 6.05. The van der Waals surface area contributed by atoms with Crippen LogP contribution in [0.1, 0.15) is 30.2 Å². The Labute approximate surface area is 196 Å². The Balaban J connectivity index is 1.25. The second kappa shape index (κ2) is 8.97. The number of carbonyl (C=O) groups is 1. The molecule has 5 rings (SSSR count). The van der Waals surface area contributed by atoms with Gasteiger partial charge in [-0.05, 0) is 30.7 Å². The number of nitrogens with one attached hydrogen (secondary N) is 1. The Kier molecular flexibility index (Phi) is 5.86.